The van der Waals surface area contributed by atoms with E-state index in [0.717, 1.165) is 16.7 Å². The summed E-state index contributed by atoms with van der Waals surface area (Å²) in [6.07, 6.45) is 1.45. The van der Waals surface area contributed by atoms with E-state index in [2.05, 4.69) is 25.7 Å². The zero-order chi connectivity index (χ0) is 22.2. The smallest absolute Gasteiger partial charge is 0.408 e. The number of anilines is 2. The van der Waals surface area contributed by atoms with E-state index in [9.17, 15) is 13.6 Å². The average molecular weight is 428 g/mol. The molecular formula is C21H22F2N6O2. The summed E-state index contributed by atoms with van der Waals surface area (Å²) in [6.45, 7) is 6.14. The molecule has 2 N–H and O–H groups in total. The molecule has 8 nitrogen and oxygen atoms in total. The van der Waals surface area contributed by atoms with E-state index in [-0.39, 0.29) is 17.7 Å². The van der Waals surface area contributed by atoms with Crippen LogP contribution in [-0.2, 0) is 11.3 Å². The Morgan fingerprint density at radius 2 is 2.10 bits per heavy atom. The topological polar surface area (TPSA) is 94.0 Å². The Bertz CT molecular complexity index is 1110. The Morgan fingerprint density at radius 1 is 1.29 bits per heavy atom. The lowest BCUT2D eigenvalue weighted by atomic mass is 9.99. The van der Waals surface area contributed by atoms with Gasteiger partial charge in [-0.15, -0.1) is 0 Å². The number of carbonyl (C=O) groups is 1. The second kappa shape index (κ2) is 7.93. The highest BCUT2D eigenvalue weighted by Crippen LogP contribution is 2.27. The number of cyclic esters (lactones) is 1. The first-order valence-electron chi connectivity index (χ1n) is 9.71. The number of hydrogen-bond acceptors (Lipinski definition) is 6. The third kappa shape index (κ3) is 4.62. The molecule has 10 heteroatoms. The van der Waals surface area contributed by atoms with Gasteiger partial charge in [-0.2, -0.15) is 5.10 Å². The molecule has 1 aromatic carbocycles. The molecule has 0 radical (unpaired) electrons. The fourth-order valence-corrected chi connectivity index (χ4v) is 3.40. The molecule has 3 heterocycles. The van der Waals surface area contributed by atoms with Crippen molar-refractivity contribution in [2.75, 3.05) is 5.32 Å². The lowest BCUT2D eigenvalue weighted by Gasteiger charge is -2.23. The predicted molar refractivity (Wildman–Crippen MR) is 110 cm³/mol. The van der Waals surface area contributed by atoms with Crippen LogP contribution in [0.15, 0.2) is 42.9 Å². The standard InChI is InChI=1S/C21H22F2N6O2/c1-12-6-13(8-15(7-12)26-19-24-5-4-16(27-19)18(22)23)14-9-25-29(10-14)11-17-21(2,3)28-20(30)31-17/h4-10,17-18H,11H2,1-3H3,(H,28,30)(H,24,26,27)/t17-/m0/s1. The molecule has 1 saturated heterocycles. The molecule has 1 aliphatic rings. The largest absolute Gasteiger partial charge is 0.442 e. The molecule has 0 unspecified atom stereocenters. The number of aryl methyl sites for hydroxylation is 1. The van der Waals surface area contributed by atoms with Crippen LogP contribution in [0.4, 0.5) is 25.2 Å². The number of nitrogens with zero attached hydrogens (tertiary/aromatic N) is 4. The van der Waals surface area contributed by atoms with Crippen LogP contribution < -0.4 is 10.6 Å². The van der Waals surface area contributed by atoms with E-state index >= 15 is 0 Å². The molecule has 162 valence electrons. The maximum absolute atomic E-state index is 12.9. The number of halogens is 2. The summed E-state index contributed by atoms with van der Waals surface area (Å²) in [7, 11) is 0. The molecule has 0 aliphatic carbocycles. The van der Waals surface area contributed by atoms with Gasteiger partial charge in [0, 0.05) is 23.6 Å². The Kier molecular flexibility index (Phi) is 5.30. The van der Waals surface area contributed by atoms with E-state index in [0.29, 0.717) is 12.2 Å². The van der Waals surface area contributed by atoms with Gasteiger partial charge >= 0.3 is 6.09 Å². The molecule has 31 heavy (non-hydrogen) atoms. The number of benzene rings is 1. The average Bonchev–Trinajstić information content (AvgIpc) is 3.25. The summed E-state index contributed by atoms with van der Waals surface area (Å²) in [5.74, 6) is 0.0998. The number of alkyl carbamates (subject to hydrolysis) is 1. The van der Waals surface area contributed by atoms with Gasteiger partial charge in [-0.05, 0) is 50.1 Å². The molecule has 1 fully saturated rings. The second-order valence-electron chi connectivity index (χ2n) is 8.01. The number of hydrogen-bond donors (Lipinski definition) is 2. The van der Waals surface area contributed by atoms with Crippen molar-refractivity contribution < 1.29 is 18.3 Å². The van der Waals surface area contributed by atoms with Crippen molar-refractivity contribution in [1.29, 1.82) is 0 Å². The highest BCUT2D eigenvalue weighted by atomic mass is 19.3. The quantitative estimate of drug-likeness (QED) is 0.611. The third-order valence-electron chi connectivity index (χ3n) is 5.03. The molecule has 0 spiro atoms. The van der Waals surface area contributed by atoms with Gasteiger partial charge in [0.1, 0.15) is 11.8 Å². The van der Waals surface area contributed by atoms with Gasteiger partial charge in [0.05, 0.1) is 18.3 Å². The Hall–Kier alpha value is -3.56. The fraction of sp³-hybridized carbons (Fsp3) is 0.333. The molecule has 3 aromatic rings. The van der Waals surface area contributed by atoms with Crippen molar-refractivity contribution in [2.45, 2.75) is 45.4 Å². The van der Waals surface area contributed by atoms with Crippen LogP contribution in [0.25, 0.3) is 11.1 Å². The van der Waals surface area contributed by atoms with E-state index in [1.807, 2.05) is 45.2 Å². The van der Waals surface area contributed by atoms with Gasteiger partial charge in [-0.1, -0.05) is 6.07 Å². The van der Waals surface area contributed by atoms with Crippen LogP contribution in [0.2, 0.25) is 0 Å². The zero-order valence-corrected chi connectivity index (χ0v) is 17.3. The van der Waals surface area contributed by atoms with E-state index in [1.165, 1.54) is 12.3 Å². The maximum Gasteiger partial charge on any atom is 0.408 e. The molecule has 0 bridgehead atoms. The van der Waals surface area contributed by atoms with Gasteiger partial charge < -0.3 is 15.4 Å². The van der Waals surface area contributed by atoms with Gasteiger partial charge in [0.15, 0.2) is 0 Å². The monoisotopic (exact) mass is 428 g/mol. The molecule has 0 saturated carbocycles. The first kappa shape index (κ1) is 20.7. The van der Waals surface area contributed by atoms with Gasteiger partial charge in [0.25, 0.3) is 6.43 Å². The highest BCUT2D eigenvalue weighted by Gasteiger charge is 2.41. The number of aromatic nitrogens is 4. The third-order valence-corrected chi connectivity index (χ3v) is 5.03. The molecule has 1 atom stereocenters. The summed E-state index contributed by atoms with van der Waals surface area (Å²) < 4.78 is 32.9. The minimum Gasteiger partial charge on any atom is -0.442 e. The second-order valence-corrected chi connectivity index (χ2v) is 8.01. The highest BCUT2D eigenvalue weighted by molar-refractivity contribution is 5.71. The van der Waals surface area contributed by atoms with Crippen molar-refractivity contribution in [3.8, 4) is 11.1 Å². The van der Waals surface area contributed by atoms with E-state index < -0.39 is 18.1 Å². The molecule has 1 amide bonds. The Balaban J connectivity index is 1.54. The van der Waals surface area contributed by atoms with Crippen LogP contribution in [-0.4, -0.2) is 37.5 Å². The van der Waals surface area contributed by atoms with Crippen molar-refractivity contribution in [3.05, 3.63) is 54.1 Å². The number of carbonyl (C=O) groups excluding carboxylic acids is 1. The van der Waals surface area contributed by atoms with E-state index in [4.69, 9.17) is 4.74 Å². The maximum atomic E-state index is 12.9. The van der Waals surface area contributed by atoms with Gasteiger partial charge in [-0.3, -0.25) is 4.68 Å². The first-order chi connectivity index (χ1) is 14.7. The van der Waals surface area contributed by atoms with Crippen molar-refractivity contribution in [1.82, 2.24) is 25.1 Å². The minimum atomic E-state index is -2.67. The molecule has 4 rings (SSSR count). The van der Waals surface area contributed by atoms with Crippen molar-refractivity contribution in [2.24, 2.45) is 0 Å². The normalized spacial score (nSPS) is 17.5. The van der Waals surface area contributed by atoms with Crippen LogP contribution in [0.5, 0.6) is 0 Å². The van der Waals surface area contributed by atoms with Crippen molar-refractivity contribution >= 4 is 17.7 Å². The number of ether oxygens (including phenoxy) is 1. The Morgan fingerprint density at radius 3 is 2.81 bits per heavy atom. The van der Waals surface area contributed by atoms with Crippen LogP contribution in [0.3, 0.4) is 0 Å². The van der Waals surface area contributed by atoms with Crippen LogP contribution in [0.1, 0.15) is 31.5 Å². The lowest BCUT2D eigenvalue weighted by Crippen LogP contribution is -2.44. The summed E-state index contributed by atoms with van der Waals surface area (Å²) in [6, 6.07) is 6.92. The summed E-state index contributed by atoms with van der Waals surface area (Å²) >= 11 is 0. The molecule has 2 aromatic heterocycles. The van der Waals surface area contributed by atoms with Crippen molar-refractivity contribution in [3.63, 3.8) is 0 Å². The molecular weight excluding hydrogens is 406 g/mol. The number of nitrogens with one attached hydrogen (secondary N) is 2. The van der Waals surface area contributed by atoms with Gasteiger partial charge in [0.2, 0.25) is 5.95 Å². The number of amides is 1. The summed E-state index contributed by atoms with van der Waals surface area (Å²) in [5, 5.41) is 10.2. The number of alkyl halides is 2. The minimum absolute atomic E-state index is 0.0998. The summed E-state index contributed by atoms with van der Waals surface area (Å²) in [5.41, 5.74) is 2.56. The first-order valence-corrected chi connectivity index (χ1v) is 9.71. The molecule has 1 aliphatic heterocycles. The zero-order valence-electron chi connectivity index (χ0n) is 17.3. The predicted octanol–water partition coefficient (Wildman–Crippen LogP) is 4.22. The SMILES string of the molecule is Cc1cc(Nc2nccc(C(F)F)n2)cc(-c2cnn(C[C@@H]3OC(=O)NC3(C)C)c2)c1. The fourth-order valence-electron chi connectivity index (χ4n) is 3.40. The van der Waals surface area contributed by atoms with E-state index in [1.54, 1.807) is 10.9 Å². The van der Waals surface area contributed by atoms with Crippen LogP contribution >= 0.6 is 0 Å². The van der Waals surface area contributed by atoms with Gasteiger partial charge in [-0.25, -0.2) is 23.5 Å². The Labute approximate surface area is 177 Å². The van der Waals surface area contributed by atoms with Crippen LogP contribution in [0, 0.1) is 6.92 Å². The lowest BCUT2D eigenvalue weighted by molar-refractivity contribution is 0.101. The number of rotatable bonds is 6. The summed E-state index contributed by atoms with van der Waals surface area (Å²) in [4.78, 5) is 19.4.